The summed E-state index contributed by atoms with van der Waals surface area (Å²) >= 11 is 5.45. The van der Waals surface area contributed by atoms with E-state index >= 15 is 0 Å². The maximum atomic E-state index is 12.7. The summed E-state index contributed by atoms with van der Waals surface area (Å²) in [5, 5.41) is 3.03. The molecular weight excluding hydrogens is 394 g/mol. The van der Waals surface area contributed by atoms with Gasteiger partial charge in [0, 0.05) is 25.1 Å². The monoisotopic (exact) mass is 417 g/mol. The summed E-state index contributed by atoms with van der Waals surface area (Å²) in [5.74, 6) is -0.713. The predicted octanol–water partition coefficient (Wildman–Crippen LogP) is 3.75. The number of thiocarbonyl (C=S) groups is 1. The quantitative estimate of drug-likeness (QED) is 0.574. The molecule has 5 nitrogen and oxygen atoms in total. The number of primary amides is 1. The van der Waals surface area contributed by atoms with Crippen LogP contribution in [-0.4, -0.2) is 28.4 Å². The van der Waals surface area contributed by atoms with E-state index < -0.39 is 5.91 Å². The van der Waals surface area contributed by atoms with E-state index in [2.05, 4.69) is 5.32 Å². The zero-order chi connectivity index (χ0) is 21.3. The first-order chi connectivity index (χ1) is 14.5. The highest BCUT2D eigenvalue weighted by Crippen LogP contribution is 2.19. The molecule has 3 aromatic rings. The Balaban J connectivity index is 1.67. The van der Waals surface area contributed by atoms with E-state index in [9.17, 15) is 9.59 Å². The fourth-order valence-corrected chi connectivity index (χ4v) is 3.24. The Kier molecular flexibility index (Phi) is 7.29. The Morgan fingerprint density at radius 1 is 0.833 bits per heavy atom. The summed E-state index contributed by atoms with van der Waals surface area (Å²) in [6, 6.07) is 27.0. The molecule has 3 rings (SSSR count). The largest absolute Gasteiger partial charge is 0.370 e. The molecule has 0 bridgehead atoms. The van der Waals surface area contributed by atoms with Gasteiger partial charge in [-0.25, -0.2) is 0 Å². The average molecular weight is 418 g/mol. The van der Waals surface area contributed by atoms with Crippen LogP contribution >= 0.6 is 12.2 Å². The zero-order valence-corrected chi connectivity index (χ0v) is 17.3. The first-order valence-corrected chi connectivity index (χ1v) is 10.0. The second-order valence-electron chi connectivity index (χ2n) is 6.83. The average Bonchev–Trinajstić information content (AvgIpc) is 2.77. The highest BCUT2D eigenvalue weighted by molar-refractivity contribution is 7.80. The van der Waals surface area contributed by atoms with Gasteiger partial charge in [0.1, 0.15) is 0 Å². The zero-order valence-electron chi connectivity index (χ0n) is 16.5. The van der Waals surface area contributed by atoms with E-state index in [0.717, 1.165) is 16.7 Å². The Hall–Kier alpha value is -3.51. The number of carbonyl (C=O) groups excluding carboxylic acids is 2. The molecule has 0 saturated heterocycles. The van der Waals surface area contributed by atoms with E-state index in [1.54, 1.807) is 17.0 Å². The lowest BCUT2D eigenvalue weighted by Crippen LogP contribution is -2.43. The smallest absolute Gasteiger partial charge is 0.257 e. The van der Waals surface area contributed by atoms with Crippen molar-refractivity contribution in [2.45, 2.75) is 13.0 Å². The van der Waals surface area contributed by atoms with Gasteiger partial charge in [-0.2, -0.15) is 0 Å². The second kappa shape index (κ2) is 10.3. The van der Waals surface area contributed by atoms with Crippen LogP contribution in [0.3, 0.4) is 0 Å². The summed E-state index contributed by atoms with van der Waals surface area (Å²) in [5.41, 5.74) is 8.93. The molecule has 3 N–H and O–H groups in total. The van der Waals surface area contributed by atoms with E-state index in [4.69, 9.17) is 18.0 Å². The van der Waals surface area contributed by atoms with Gasteiger partial charge in [0.15, 0.2) is 5.11 Å². The molecule has 0 fully saturated rings. The molecule has 0 aliphatic carbocycles. The fourth-order valence-electron chi connectivity index (χ4n) is 2.99. The molecule has 0 atom stereocenters. The first-order valence-electron chi connectivity index (χ1n) is 9.61. The Morgan fingerprint density at radius 3 is 2.00 bits per heavy atom. The number of amides is 2. The molecule has 3 aromatic carbocycles. The van der Waals surface area contributed by atoms with Crippen molar-refractivity contribution in [3.05, 3.63) is 96.1 Å². The van der Waals surface area contributed by atoms with E-state index in [1.807, 2.05) is 72.8 Å². The molecule has 30 heavy (non-hydrogen) atoms. The molecule has 0 spiro atoms. The van der Waals surface area contributed by atoms with E-state index in [1.165, 1.54) is 0 Å². The molecule has 0 aliphatic rings. The van der Waals surface area contributed by atoms with Crippen molar-refractivity contribution in [2.75, 3.05) is 6.54 Å². The van der Waals surface area contributed by atoms with E-state index in [0.29, 0.717) is 18.7 Å². The van der Waals surface area contributed by atoms with Gasteiger partial charge in [0.05, 0.1) is 0 Å². The molecule has 0 radical (unpaired) electrons. The highest BCUT2D eigenvalue weighted by Gasteiger charge is 2.15. The standard InChI is InChI=1S/C24H23N3O2S/c25-22(28)15-16-27(17-18-7-3-1-4-8-18)24(30)26-23(29)21-13-11-20(12-14-21)19-9-5-2-6-10-19/h1-14H,15-17H2,(H2,25,28)(H,26,29,30). The van der Waals surface area contributed by atoms with Crippen LogP contribution in [0, 0.1) is 0 Å². The van der Waals surface area contributed by atoms with Crippen molar-refractivity contribution < 1.29 is 9.59 Å². The predicted molar refractivity (Wildman–Crippen MR) is 123 cm³/mol. The lowest BCUT2D eigenvalue weighted by atomic mass is 10.0. The van der Waals surface area contributed by atoms with Gasteiger partial charge in [0.25, 0.3) is 5.91 Å². The number of nitrogens with zero attached hydrogens (tertiary/aromatic N) is 1. The summed E-state index contributed by atoms with van der Waals surface area (Å²) in [4.78, 5) is 25.7. The van der Waals surface area contributed by atoms with Crippen LogP contribution in [0.25, 0.3) is 11.1 Å². The van der Waals surface area contributed by atoms with Crippen LogP contribution in [0.1, 0.15) is 22.3 Å². The third-order valence-electron chi connectivity index (χ3n) is 4.61. The van der Waals surface area contributed by atoms with Crippen LogP contribution in [0.2, 0.25) is 0 Å². The second-order valence-corrected chi connectivity index (χ2v) is 7.21. The molecule has 0 unspecified atom stereocenters. The Bertz CT molecular complexity index is 1010. The van der Waals surface area contributed by atoms with Crippen molar-refractivity contribution in [1.29, 1.82) is 0 Å². The number of rotatable bonds is 7. The Morgan fingerprint density at radius 2 is 1.40 bits per heavy atom. The summed E-state index contributed by atoms with van der Waals surface area (Å²) in [6.45, 7) is 0.802. The number of benzene rings is 3. The van der Waals surface area contributed by atoms with Crippen LogP contribution < -0.4 is 11.1 Å². The lowest BCUT2D eigenvalue weighted by Gasteiger charge is -2.25. The van der Waals surface area contributed by atoms with Crippen molar-refractivity contribution in [2.24, 2.45) is 5.73 Å². The molecule has 6 heteroatoms. The Labute approximate surface area is 181 Å². The summed E-state index contributed by atoms with van der Waals surface area (Å²) in [6.07, 6.45) is 0.147. The number of carbonyl (C=O) groups is 2. The van der Waals surface area contributed by atoms with Crippen LogP contribution in [0.15, 0.2) is 84.9 Å². The van der Waals surface area contributed by atoms with Crippen molar-refractivity contribution >= 4 is 29.1 Å². The number of hydrogen-bond donors (Lipinski definition) is 2. The van der Waals surface area contributed by atoms with Crippen molar-refractivity contribution in [3.8, 4) is 11.1 Å². The number of nitrogens with one attached hydrogen (secondary N) is 1. The topological polar surface area (TPSA) is 75.4 Å². The SMILES string of the molecule is NC(=O)CCN(Cc1ccccc1)C(=S)NC(=O)c1ccc(-c2ccccc2)cc1. The maximum Gasteiger partial charge on any atom is 0.257 e. The van der Waals surface area contributed by atoms with Gasteiger partial charge in [0.2, 0.25) is 5.91 Å². The molecule has 0 aliphatic heterocycles. The third kappa shape index (κ3) is 5.99. The molecule has 0 aromatic heterocycles. The fraction of sp³-hybridized carbons (Fsp3) is 0.125. The van der Waals surface area contributed by atoms with Crippen LogP contribution in [0.5, 0.6) is 0 Å². The van der Waals surface area contributed by atoms with E-state index in [-0.39, 0.29) is 17.4 Å². The van der Waals surface area contributed by atoms with Crippen molar-refractivity contribution in [3.63, 3.8) is 0 Å². The minimum atomic E-state index is -0.418. The van der Waals surface area contributed by atoms with Gasteiger partial charge in [-0.05, 0) is 41.0 Å². The van der Waals surface area contributed by atoms with Gasteiger partial charge in [-0.3, -0.25) is 14.9 Å². The number of hydrogen-bond acceptors (Lipinski definition) is 3. The maximum absolute atomic E-state index is 12.7. The molecule has 2 amide bonds. The number of nitrogens with two attached hydrogens (primary N) is 1. The molecule has 0 heterocycles. The normalized spacial score (nSPS) is 10.3. The highest BCUT2D eigenvalue weighted by atomic mass is 32.1. The van der Waals surface area contributed by atoms with Crippen LogP contribution in [0.4, 0.5) is 0 Å². The molecule has 152 valence electrons. The summed E-state index contributed by atoms with van der Waals surface area (Å²) in [7, 11) is 0. The van der Waals surface area contributed by atoms with Gasteiger partial charge >= 0.3 is 0 Å². The van der Waals surface area contributed by atoms with Gasteiger partial charge < -0.3 is 10.6 Å². The molecular formula is C24H23N3O2S. The van der Waals surface area contributed by atoms with Gasteiger partial charge in [-0.15, -0.1) is 0 Å². The summed E-state index contributed by atoms with van der Waals surface area (Å²) < 4.78 is 0. The van der Waals surface area contributed by atoms with Crippen molar-refractivity contribution in [1.82, 2.24) is 10.2 Å². The van der Waals surface area contributed by atoms with Crippen LogP contribution in [-0.2, 0) is 11.3 Å². The minimum Gasteiger partial charge on any atom is -0.370 e. The first kappa shape index (κ1) is 21.2. The lowest BCUT2D eigenvalue weighted by molar-refractivity contribution is -0.118. The third-order valence-corrected chi connectivity index (χ3v) is 4.97. The van der Waals surface area contributed by atoms with Gasteiger partial charge in [-0.1, -0.05) is 72.8 Å². The minimum absolute atomic E-state index is 0.147. The molecule has 0 saturated carbocycles.